The molecule has 0 aliphatic heterocycles. The molecule has 0 spiro atoms. The van der Waals surface area contributed by atoms with Gasteiger partial charge in [-0.3, -0.25) is 4.79 Å². The average molecular weight is 344 g/mol. The summed E-state index contributed by atoms with van der Waals surface area (Å²) in [5.41, 5.74) is 1.23. The molecule has 0 saturated heterocycles. The molecule has 0 atom stereocenters. The Kier molecular flexibility index (Phi) is 11.5. The Morgan fingerprint density at radius 3 is 2.00 bits per heavy atom. The van der Waals surface area contributed by atoms with Crippen LogP contribution in [0.25, 0.3) is 0 Å². The van der Waals surface area contributed by atoms with Gasteiger partial charge < -0.3 is 23.5 Å². The summed E-state index contributed by atoms with van der Waals surface area (Å²) in [6.45, 7) is 5.08. The van der Waals surface area contributed by atoms with Crippen molar-refractivity contribution < 1.29 is 28.3 Å². The van der Waals surface area contributed by atoms with Crippen LogP contribution < -0.4 is 0 Å². The molecular weight excluding hydrogens is 320 g/mol. The molecule has 130 valence electrons. The molecule has 0 radical (unpaired) electrons. The van der Waals surface area contributed by atoms with Gasteiger partial charge in [0.2, 0.25) is 0 Å². The van der Waals surface area contributed by atoms with Crippen LogP contribution in [-0.4, -0.2) is 57.3 Å². The van der Waals surface area contributed by atoms with Crippen LogP contribution in [-0.2, 0) is 23.2 Å². The number of carboxylic acid groups (broad SMARTS) is 1. The van der Waals surface area contributed by atoms with Crippen molar-refractivity contribution >= 4 is 18.0 Å². The van der Waals surface area contributed by atoms with E-state index in [9.17, 15) is 4.79 Å². The predicted octanol–water partition coefficient (Wildman–Crippen LogP) is 2.54. The maximum absolute atomic E-state index is 10.2. The summed E-state index contributed by atoms with van der Waals surface area (Å²) in [4.78, 5) is 11.3. The van der Waals surface area contributed by atoms with Crippen molar-refractivity contribution in [3.63, 3.8) is 0 Å². The molecule has 0 bridgehead atoms. The van der Waals surface area contributed by atoms with Crippen LogP contribution in [0.5, 0.6) is 0 Å². The Hall–Kier alpha value is -1.12. The van der Waals surface area contributed by atoms with Gasteiger partial charge in [0.05, 0.1) is 52.7 Å². The Morgan fingerprint density at radius 2 is 1.43 bits per heavy atom. The molecule has 0 fully saturated rings. The standard InChI is InChI=1S/C16H24O6S/c1-14-2-4-15(5-3-14)23-22-13-12-21-11-10-20-9-8-19-7-6-16(17)18/h2-5H,6-13H2,1H3,(H,17,18). The van der Waals surface area contributed by atoms with Gasteiger partial charge in [0.25, 0.3) is 0 Å². The number of aryl methyl sites for hydroxylation is 1. The lowest BCUT2D eigenvalue weighted by atomic mass is 10.2. The van der Waals surface area contributed by atoms with Gasteiger partial charge in [-0.25, -0.2) is 0 Å². The number of ether oxygens (including phenoxy) is 3. The molecule has 7 heteroatoms. The number of carboxylic acids is 1. The molecule has 0 heterocycles. The Labute approximate surface area is 141 Å². The normalized spacial score (nSPS) is 10.8. The minimum atomic E-state index is -0.859. The third kappa shape index (κ3) is 12.0. The van der Waals surface area contributed by atoms with E-state index >= 15 is 0 Å². The largest absolute Gasteiger partial charge is 0.481 e. The number of hydrogen-bond donors (Lipinski definition) is 1. The number of benzene rings is 1. The van der Waals surface area contributed by atoms with Crippen LogP contribution in [0.15, 0.2) is 29.2 Å². The van der Waals surface area contributed by atoms with E-state index in [0.29, 0.717) is 39.6 Å². The van der Waals surface area contributed by atoms with Crippen LogP contribution in [0.2, 0.25) is 0 Å². The number of rotatable bonds is 14. The van der Waals surface area contributed by atoms with E-state index in [1.165, 1.54) is 17.6 Å². The zero-order chi connectivity index (χ0) is 16.8. The molecule has 23 heavy (non-hydrogen) atoms. The molecule has 0 aromatic heterocycles. The third-order valence-corrected chi connectivity index (χ3v) is 3.44. The van der Waals surface area contributed by atoms with E-state index in [2.05, 4.69) is 0 Å². The smallest absolute Gasteiger partial charge is 0.305 e. The first-order valence-electron chi connectivity index (χ1n) is 7.49. The fraction of sp³-hybridized carbons (Fsp3) is 0.562. The van der Waals surface area contributed by atoms with E-state index in [-0.39, 0.29) is 13.0 Å². The van der Waals surface area contributed by atoms with Crippen LogP contribution in [0.4, 0.5) is 0 Å². The quantitative estimate of drug-likeness (QED) is 0.411. The van der Waals surface area contributed by atoms with Crippen molar-refractivity contribution in [3.8, 4) is 0 Å². The Bertz CT molecular complexity index is 423. The summed E-state index contributed by atoms with van der Waals surface area (Å²) in [6, 6.07) is 8.14. The van der Waals surface area contributed by atoms with Crippen LogP contribution in [0.1, 0.15) is 12.0 Å². The first-order valence-corrected chi connectivity index (χ1v) is 8.24. The lowest BCUT2D eigenvalue weighted by Crippen LogP contribution is -2.12. The molecule has 1 aromatic rings. The second-order valence-electron chi connectivity index (χ2n) is 4.70. The Morgan fingerprint density at radius 1 is 0.913 bits per heavy atom. The van der Waals surface area contributed by atoms with E-state index in [1.807, 2.05) is 31.2 Å². The molecule has 0 aliphatic carbocycles. The van der Waals surface area contributed by atoms with E-state index < -0.39 is 5.97 Å². The molecule has 0 saturated carbocycles. The summed E-state index contributed by atoms with van der Waals surface area (Å²) in [6.07, 6.45) is 0.0176. The fourth-order valence-corrected chi connectivity index (χ4v) is 2.03. The summed E-state index contributed by atoms with van der Waals surface area (Å²) >= 11 is 1.34. The molecule has 0 unspecified atom stereocenters. The van der Waals surface area contributed by atoms with Crippen LogP contribution >= 0.6 is 12.0 Å². The SMILES string of the molecule is Cc1ccc(SOCCOCCOCCOCCC(=O)O)cc1. The predicted molar refractivity (Wildman–Crippen MR) is 87.7 cm³/mol. The van der Waals surface area contributed by atoms with Gasteiger partial charge >= 0.3 is 5.97 Å². The van der Waals surface area contributed by atoms with Gasteiger partial charge in [-0.05, 0) is 19.1 Å². The van der Waals surface area contributed by atoms with Crippen molar-refractivity contribution in [2.45, 2.75) is 18.2 Å². The molecule has 1 N–H and O–H groups in total. The van der Waals surface area contributed by atoms with Crippen LogP contribution in [0, 0.1) is 6.92 Å². The minimum absolute atomic E-state index is 0.0176. The van der Waals surface area contributed by atoms with Gasteiger partial charge in [0.15, 0.2) is 0 Å². The zero-order valence-electron chi connectivity index (χ0n) is 13.4. The molecule has 0 amide bonds. The van der Waals surface area contributed by atoms with Crippen molar-refractivity contribution in [2.75, 3.05) is 46.2 Å². The Balaban J connectivity index is 1.79. The van der Waals surface area contributed by atoms with E-state index in [0.717, 1.165) is 4.90 Å². The van der Waals surface area contributed by atoms with Gasteiger partial charge in [-0.2, -0.15) is 0 Å². The molecule has 0 aliphatic rings. The lowest BCUT2D eigenvalue weighted by molar-refractivity contribution is -0.138. The van der Waals surface area contributed by atoms with Crippen molar-refractivity contribution in [1.29, 1.82) is 0 Å². The number of hydrogen-bond acceptors (Lipinski definition) is 6. The van der Waals surface area contributed by atoms with Gasteiger partial charge in [0, 0.05) is 16.9 Å². The lowest BCUT2D eigenvalue weighted by Gasteiger charge is -2.06. The van der Waals surface area contributed by atoms with Crippen LogP contribution in [0.3, 0.4) is 0 Å². The zero-order valence-corrected chi connectivity index (χ0v) is 14.2. The van der Waals surface area contributed by atoms with E-state index in [1.54, 1.807) is 0 Å². The second kappa shape index (κ2) is 13.3. The summed E-state index contributed by atoms with van der Waals surface area (Å²) in [5.74, 6) is -0.859. The summed E-state index contributed by atoms with van der Waals surface area (Å²) in [7, 11) is 0. The molecular formula is C16H24O6S. The number of carbonyl (C=O) groups is 1. The maximum atomic E-state index is 10.2. The minimum Gasteiger partial charge on any atom is -0.481 e. The highest BCUT2D eigenvalue weighted by Crippen LogP contribution is 2.18. The van der Waals surface area contributed by atoms with Crippen molar-refractivity contribution in [2.24, 2.45) is 0 Å². The summed E-state index contributed by atoms with van der Waals surface area (Å²) < 4.78 is 21.2. The van der Waals surface area contributed by atoms with Crippen molar-refractivity contribution in [3.05, 3.63) is 29.8 Å². The highest BCUT2D eigenvalue weighted by atomic mass is 32.2. The van der Waals surface area contributed by atoms with E-state index in [4.69, 9.17) is 23.5 Å². The third-order valence-electron chi connectivity index (χ3n) is 2.69. The second-order valence-corrected chi connectivity index (χ2v) is 5.57. The van der Waals surface area contributed by atoms with Gasteiger partial charge in [0.1, 0.15) is 0 Å². The molecule has 1 rings (SSSR count). The van der Waals surface area contributed by atoms with Gasteiger partial charge in [-0.1, -0.05) is 17.7 Å². The first-order chi connectivity index (χ1) is 11.2. The topological polar surface area (TPSA) is 74.2 Å². The average Bonchev–Trinajstić information content (AvgIpc) is 2.53. The highest BCUT2D eigenvalue weighted by Gasteiger charge is 1.97. The first kappa shape index (κ1) is 19.9. The monoisotopic (exact) mass is 344 g/mol. The summed E-state index contributed by atoms with van der Waals surface area (Å²) in [5, 5.41) is 8.41. The molecule has 6 nitrogen and oxygen atoms in total. The van der Waals surface area contributed by atoms with Gasteiger partial charge in [-0.15, -0.1) is 0 Å². The maximum Gasteiger partial charge on any atom is 0.305 e. The fourth-order valence-electron chi connectivity index (χ4n) is 1.50. The number of aliphatic carboxylic acids is 1. The van der Waals surface area contributed by atoms with Crippen molar-refractivity contribution in [1.82, 2.24) is 0 Å². The molecule has 1 aromatic carbocycles. The highest BCUT2D eigenvalue weighted by molar-refractivity contribution is 7.94.